The Bertz CT molecular complexity index is 673. The van der Waals surface area contributed by atoms with E-state index in [1.165, 1.54) is 0 Å². The molecule has 0 fully saturated rings. The number of aromatic amines is 1. The summed E-state index contributed by atoms with van der Waals surface area (Å²) in [5.74, 6) is -0.353. The minimum atomic E-state index is -0.353. The zero-order chi connectivity index (χ0) is 11.8. The number of nitrogens with one attached hydrogen (secondary N) is 1. The van der Waals surface area contributed by atoms with Crippen LogP contribution in [-0.2, 0) is 6.54 Å². The van der Waals surface area contributed by atoms with Crippen LogP contribution in [0.25, 0.3) is 22.2 Å². The Morgan fingerprint density at radius 2 is 2.18 bits per heavy atom. The lowest BCUT2D eigenvalue weighted by Crippen LogP contribution is -1.99. The van der Waals surface area contributed by atoms with Gasteiger partial charge in [0, 0.05) is 29.2 Å². The molecule has 2 heterocycles. The molecule has 3 rings (SSSR count). The molecule has 86 valence electrons. The highest BCUT2D eigenvalue weighted by Gasteiger charge is 2.17. The van der Waals surface area contributed by atoms with Crippen LogP contribution in [0.2, 0.25) is 0 Å². The number of nitrogens with two attached hydrogens (primary N) is 1. The summed E-state index contributed by atoms with van der Waals surface area (Å²) in [7, 11) is 0. The Morgan fingerprint density at radius 3 is 3.00 bits per heavy atom. The van der Waals surface area contributed by atoms with Gasteiger partial charge in [-0.15, -0.1) is 0 Å². The van der Waals surface area contributed by atoms with E-state index in [0.29, 0.717) is 22.3 Å². The van der Waals surface area contributed by atoms with Gasteiger partial charge in [-0.25, -0.2) is 9.02 Å². The largest absolute Gasteiger partial charge is 0.361 e. The van der Waals surface area contributed by atoms with E-state index in [2.05, 4.69) is 19.9 Å². The van der Waals surface area contributed by atoms with Crippen LogP contribution in [0, 0.1) is 5.82 Å². The Labute approximate surface area is 95.4 Å². The fourth-order valence-corrected chi connectivity index (χ4v) is 1.82. The van der Waals surface area contributed by atoms with Crippen molar-refractivity contribution in [2.45, 2.75) is 6.54 Å². The first-order chi connectivity index (χ1) is 8.31. The molecular formula is C11H9FN4O. The van der Waals surface area contributed by atoms with Gasteiger partial charge in [0.2, 0.25) is 0 Å². The maximum atomic E-state index is 14.2. The number of fused-ring (bicyclic) bond motifs is 1. The zero-order valence-corrected chi connectivity index (χ0v) is 8.77. The first-order valence-corrected chi connectivity index (χ1v) is 5.08. The van der Waals surface area contributed by atoms with Crippen molar-refractivity contribution in [1.82, 2.24) is 15.3 Å². The van der Waals surface area contributed by atoms with Gasteiger partial charge in [0.25, 0.3) is 0 Å². The predicted molar refractivity (Wildman–Crippen MR) is 59.4 cm³/mol. The molecule has 0 unspecified atom stereocenters. The Hall–Kier alpha value is -2.21. The van der Waals surface area contributed by atoms with E-state index in [1.54, 1.807) is 24.4 Å². The Balaban J connectivity index is 2.27. The van der Waals surface area contributed by atoms with Crippen LogP contribution in [0.15, 0.2) is 29.0 Å². The van der Waals surface area contributed by atoms with Crippen LogP contribution in [0.5, 0.6) is 0 Å². The summed E-state index contributed by atoms with van der Waals surface area (Å²) in [6.45, 7) is 0.156. The average Bonchev–Trinajstić information content (AvgIpc) is 2.97. The molecule has 6 heteroatoms. The molecule has 0 bridgehead atoms. The first kappa shape index (κ1) is 9.98. The molecule has 3 aromatic rings. The molecule has 2 aromatic heterocycles. The van der Waals surface area contributed by atoms with Crippen LogP contribution in [-0.4, -0.2) is 15.3 Å². The molecule has 17 heavy (non-hydrogen) atoms. The summed E-state index contributed by atoms with van der Waals surface area (Å²) in [4.78, 5) is 2.94. The van der Waals surface area contributed by atoms with Gasteiger partial charge >= 0.3 is 0 Å². The number of hydrogen-bond acceptors (Lipinski definition) is 4. The summed E-state index contributed by atoms with van der Waals surface area (Å²) in [5.41, 5.74) is 7.36. The molecule has 0 aliphatic carbocycles. The number of halogens is 1. The molecule has 3 N–H and O–H groups in total. The van der Waals surface area contributed by atoms with Crippen LogP contribution in [0.4, 0.5) is 4.39 Å². The lowest BCUT2D eigenvalue weighted by molar-refractivity contribution is 0.304. The fourth-order valence-electron chi connectivity index (χ4n) is 1.82. The van der Waals surface area contributed by atoms with Crippen molar-refractivity contribution in [3.05, 3.63) is 35.9 Å². The van der Waals surface area contributed by atoms with Crippen LogP contribution < -0.4 is 5.73 Å². The third kappa shape index (κ3) is 1.42. The monoisotopic (exact) mass is 232 g/mol. The highest BCUT2D eigenvalue weighted by atomic mass is 19.1. The van der Waals surface area contributed by atoms with Gasteiger partial charge < -0.3 is 10.7 Å². The van der Waals surface area contributed by atoms with Crippen LogP contribution >= 0.6 is 0 Å². The summed E-state index contributed by atoms with van der Waals surface area (Å²) < 4.78 is 18.8. The van der Waals surface area contributed by atoms with Gasteiger partial charge in [0.05, 0.1) is 0 Å². The van der Waals surface area contributed by atoms with Crippen molar-refractivity contribution in [3.63, 3.8) is 0 Å². The number of H-pyrrole nitrogens is 1. The number of aromatic nitrogens is 3. The third-order valence-corrected chi connectivity index (χ3v) is 2.67. The van der Waals surface area contributed by atoms with Crippen molar-refractivity contribution < 1.29 is 9.02 Å². The van der Waals surface area contributed by atoms with Crippen molar-refractivity contribution >= 4 is 10.9 Å². The lowest BCUT2D eigenvalue weighted by atomic mass is 10.1. The van der Waals surface area contributed by atoms with E-state index in [0.717, 1.165) is 5.52 Å². The highest BCUT2D eigenvalue weighted by molar-refractivity contribution is 5.85. The molecule has 0 atom stereocenters. The van der Waals surface area contributed by atoms with Gasteiger partial charge in [-0.05, 0) is 23.4 Å². The highest BCUT2D eigenvalue weighted by Crippen LogP contribution is 2.28. The molecule has 0 saturated carbocycles. The first-order valence-electron chi connectivity index (χ1n) is 5.08. The minimum Gasteiger partial charge on any atom is -0.361 e. The number of nitrogens with zero attached hydrogens (tertiary/aromatic N) is 2. The molecule has 0 radical (unpaired) electrons. The molecule has 0 amide bonds. The van der Waals surface area contributed by atoms with E-state index < -0.39 is 0 Å². The smallest absolute Gasteiger partial charge is 0.142 e. The van der Waals surface area contributed by atoms with Crippen molar-refractivity contribution in [1.29, 1.82) is 0 Å². The number of rotatable bonds is 2. The quantitative estimate of drug-likeness (QED) is 0.706. The number of benzene rings is 1. The topological polar surface area (TPSA) is 80.7 Å². The Morgan fingerprint density at radius 1 is 1.29 bits per heavy atom. The maximum absolute atomic E-state index is 14.2. The second-order valence-electron chi connectivity index (χ2n) is 3.63. The van der Waals surface area contributed by atoms with Crippen molar-refractivity contribution in [2.75, 3.05) is 0 Å². The maximum Gasteiger partial charge on any atom is 0.142 e. The van der Waals surface area contributed by atoms with E-state index >= 15 is 0 Å². The van der Waals surface area contributed by atoms with Crippen LogP contribution in [0.3, 0.4) is 0 Å². The summed E-state index contributed by atoms with van der Waals surface area (Å²) in [5, 5.41) is 7.84. The summed E-state index contributed by atoms with van der Waals surface area (Å²) in [6.07, 6.45) is 1.68. The molecule has 5 nitrogen and oxygen atoms in total. The van der Waals surface area contributed by atoms with E-state index in [4.69, 9.17) is 5.73 Å². The van der Waals surface area contributed by atoms with Gasteiger partial charge in [-0.1, -0.05) is 5.16 Å². The lowest BCUT2D eigenvalue weighted by Gasteiger charge is -2.01. The summed E-state index contributed by atoms with van der Waals surface area (Å²) in [6, 6.07) is 5.08. The number of hydrogen-bond donors (Lipinski definition) is 2. The molecule has 0 saturated heterocycles. The molecule has 0 aliphatic heterocycles. The standard InChI is InChI=1S/C11H9FN4O/c12-10-6-3-4-14-8(6)2-1-7(10)11-9(5-13)15-17-16-11/h1-4,14H,5,13H2. The van der Waals surface area contributed by atoms with Crippen molar-refractivity contribution in [2.24, 2.45) is 5.73 Å². The fraction of sp³-hybridized carbons (Fsp3) is 0.0909. The average molecular weight is 232 g/mol. The predicted octanol–water partition coefficient (Wildman–Crippen LogP) is 1.82. The molecule has 0 aliphatic rings. The molecular weight excluding hydrogens is 223 g/mol. The zero-order valence-electron chi connectivity index (χ0n) is 8.77. The van der Waals surface area contributed by atoms with E-state index in [1.807, 2.05) is 0 Å². The van der Waals surface area contributed by atoms with Crippen molar-refractivity contribution in [3.8, 4) is 11.3 Å². The molecule has 1 aromatic carbocycles. The van der Waals surface area contributed by atoms with Gasteiger partial charge in [-0.2, -0.15) is 0 Å². The van der Waals surface area contributed by atoms with Gasteiger partial charge in [0.15, 0.2) is 0 Å². The van der Waals surface area contributed by atoms with Crippen LogP contribution in [0.1, 0.15) is 5.69 Å². The molecule has 0 spiro atoms. The van der Waals surface area contributed by atoms with Gasteiger partial charge in [0.1, 0.15) is 17.2 Å². The third-order valence-electron chi connectivity index (χ3n) is 2.67. The normalized spacial score (nSPS) is 11.2. The second kappa shape index (κ2) is 3.67. The SMILES string of the molecule is NCc1nonc1-c1ccc2[nH]ccc2c1F. The Kier molecular flexibility index (Phi) is 2.15. The van der Waals surface area contributed by atoms with E-state index in [-0.39, 0.29) is 12.4 Å². The minimum absolute atomic E-state index is 0.156. The summed E-state index contributed by atoms with van der Waals surface area (Å²) >= 11 is 0. The second-order valence-corrected chi connectivity index (χ2v) is 3.63. The van der Waals surface area contributed by atoms with Gasteiger partial charge in [-0.3, -0.25) is 0 Å². The van der Waals surface area contributed by atoms with E-state index in [9.17, 15) is 4.39 Å².